The van der Waals surface area contributed by atoms with Crippen molar-refractivity contribution < 1.29 is 4.79 Å². The van der Waals surface area contributed by atoms with Crippen LogP contribution in [0.15, 0.2) is 18.3 Å². The molecule has 2 rings (SSSR count). The summed E-state index contributed by atoms with van der Waals surface area (Å²) in [7, 11) is 1.83. The van der Waals surface area contributed by atoms with Gasteiger partial charge in [-0.3, -0.25) is 14.7 Å². The van der Waals surface area contributed by atoms with Crippen molar-refractivity contribution in [3.05, 3.63) is 24.0 Å². The van der Waals surface area contributed by atoms with Gasteiger partial charge in [-0.15, -0.1) is 0 Å². The lowest BCUT2D eigenvalue weighted by Gasteiger charge is -2.31. The van der Waals surface area contributed by atoms with Crippen LogP contribution in [0.2, 0.25) is 0 Å². The molecule has 0 aromatic carbocycles. The first-order valence-corrected chi connectivity index (χ1v) is 5.32. The minimum absolute atomic E-state index is 0.168. The van der Waals surface area contributed by atoms with Crippen LogP contribution in [0.25, 0.3) is 0 Å². The van der Waals surface area contributed by atoms with Crippen LogP contribution in [0.1, 0.15) is 5.69 Å². The van der Waals surface area contributed by atoms with Gasteiger partial charge >= 0.3 is 0 Å². The first kappa shape index (κ1) is 10.9. The van der Waals surface area contributed by atoms with Crippen molar-refractivity contribution in [2.45, 2.75) is 6.54 Å². The van der Waals surface area contributed by atoms with E-state index in [-0.39, 0.29) is 5.91 Å². The maximum atomic E-state index is 11.5. The molecule has 86 valence electrons. The third-order valence-electron chi connectivity index (χ3n) is 2.77. The van der Waals surface area contributed by atoms with Gasteiger partial charge in [0.1, 0.15) is 0 Å². The number of pyridine rings is 1. The highest BCUT2D eigenvalue weighted by Gasteiger charge is 2.20. The Labute approximate surface area is 94.9 Å². The first-order chi connectivity index (χ1) is 7.65. The van der Waals surface area contributed by atoms with Crippen molar-refractivity contribution in [3.63, 3.8) is 0 Å². The molecule has 0 spiro atoms. The second-order valence-corrected chi connectivity index (χ2v) is 4.11. The van der Waals surface area contributed by atoms with Crippen LogP contribution >= 0.6 is 0 Å². The topological polar surface area (TPSA) is 62.5 Å². The van der Waals surface area contributed by atoms with Crippen LogP contribution in [0.3, 0.4) is 0 Å². The van der Waals surface area contributed by atoms with Crippen molar-refractivity contribution in [2.75, 3.05) is 32.4 Å². The van der Waals surface area contributed by atoms with Crippen molar-refractivity contribution in [1.82, 2.24) is 14.8 Å². The molecule has 1 aliphatic heterocycles. The van der Waals surface area contributed by atoms with Crippen LogP contribution in [0, 0.1) is 0 Å². The number of nitrogens with two attached hydrogens (primary N) is 1. The molecule has 1 saturated heterocycles. The standard InChI is InChI=1S/C11H16N4O/c1-14-4-5-15(8-11(14)16)7-10-3-2-9(12)6-13-10/h2-3,6H,4-5,7-8,12H2,1H3. The zero-order chi connectivity index (χ0) is 11.5. The average Bonchev–Trinajstić information content (AvgIpc) is 2.27. The number of carbonyl (C=O) groups excluding carboxylic acids is 1. The van der Waals surface area contributed by atoms with Gasteiger partial charge in [0.15, 0.2) is 0 Å². The number of anilines is 1. The van der Waals surface area contributed by atoms with E-state index in [1.165, 1.54) is 0 Å². The fourth-order valence-corrected chi connectivity index (χ4v) is 1.70. The first-order valence-electron chi connectivity index (χ1n) is 5.32. The summed E-state index contributed by atoms with van der Waals surface area (Å²) in [4.78, 5) is 19.6. The van der Waals surface area contributed by atoms with Crippen molar-refractivity contribution in [2.24, 2.45) is 0 Å². The van der Waals surface area contributed by atoms with Crippen LogP contribution in [0.4, 0.5) is 5.69 Å². The van der Waals surface area contributed by atoms with Gasteiger partial charge in [-0.2, -0.15) is 0 Å². The Balaban J connectivity index is 1.95. The summed E-state index contributed by atoms with van der Waals surface area (Å²) in [6.07, 6.45) is 1.65. The molecule has 1 aromatic rings. The number of hydrogen-bond donors (Lipinski definition) is 1. The molecule has 5 nitrogen and oxygen atoms in total. The zero-order valence-corrected chi connectivity index (χ0v) is 9.39. The van der Waals surface area contributed by atoms with Crippen molar-refractivity contribution >= 4 is 11.6 Å². The quantitative estimate of drug-likeness (QED) is 0.758. The predicted octanol–water partition coefficient (Wildman–Crippen LogP) is -0.0622. The molecule has 5 heteroatoms. The molecule has 0 unspecified atom stereocenters. The molecule has 2 N–H and O–H groups in total. The fraction of sp³-hybridized carbons (Fsp3) is 0.455. The lowest BCUT2D eigenvalue weighted by atomic mass is 10.2. The lowest BCUT2D eigenvalue weighted by Crippen LogP contribution is -2.48. The Kier molecular flexibility index (Phi) is 3.05. The summed E-state index contributed by atoms with van der Waals surface area (Å²) in [5, 5.41) is 0. The molecule has 0 saturated carbocycles. The minimum Gasteiger partial charge on any atom is -0.397 e. The van der Waals surface area contributed by atoms with E-state index in [9.17, 15) is 4.79 Å². The molecule has 0 atom stereocenters. The Hall–Kier alpha value is -1.62. The molecule has 1 amide bonds. The van der Waals surface area contributed by atoms with Crippen LogP contribution in [-0.4, -0.2) is 47.4 Å². The molecular formula is C11H16N4O. The number of rotatable bonds is 2. The monoisotopic (exact) mass is 220 g/mol. The lowest BCUT2D eigenvalue weighted by molar-refractivity contribution is -0.134. The predicted molar refractivity (Wildman–Crippen MR) is 61.6 cm³/mol. The second-order valence-electron chi connectivity index (χ2n) is 4.11. The summed E-state index contributed by atoms with van der Waals surface area (Å²) in [6.45, 7) is 2.87. The highest BCUT2D eigenvalue weighted by atomic mass is 16.2. The van der Waals surface area contributed by atoms with E-state index < -0.39 is 0 Å². The number of carbonyl (C=O) groups is 1. The summed E-state index contributed by atoms with van der Waals surface area (Å²) in [5.41, 5.74) is 7.18. The number of likely N-dealkylation sites (N-methyl/N-ethyl adjacent to an activating group) is 1. The van der Waals surface area contributed by atoms with Crippen LogP contribution in [-0.2, 0) is 11.3 Å². The molecule has 1 fully saturated rings. The number of hydrogen-bond acceptors (Lipinski definition) is 4. The van der Waals surface area contributed by atoms with E-state index in [0.29, 0.717) is 18.8 Å². The summed E-state index contributed by atoms with van der Waals surface area (Å²) < 4.78 is 0. The maximum Gasteiger partial charge on any atom is 0.236 e. The van der Waals surface area contributed by atoms with E-state index in [1.54, 1.807) is 11.1 Å². The second kappa shape index (κ2) is 4.49. The number of piperazine rings is 1. The molecular weight excluding hydrogens is 204 g/mol. The number of nitrogens with zero attached hydrogens (tertiary/aromatic N) is 3. The van der Waals surface area contributed by atoms with Gasteiger partial charge in [-0.25, -0.2) is 0 Å². The van der Waals surface area contributed by atoms with Crippen molar-refractivity contribution in [3.8, 4) is 0 Å². The zero-order valence-electron chi connectivity index (χ0n) is 9.39. The molecule has 0 bridgehead atoms. The van der Waals surface area contributed by atoms with Gasteiger partial charge in [0.05, 0.1) is 24.1 Å². The molecule has 1 aliphatic rings. The summed E-state index contributed by atoms with van der Waals surface area (Å²) >= 11 is 0. The van der Waals surface area contributed by atoms with Gasteiger partial charge < -0.3 is 10.6 Å². The average molecular weight is 220 g/mol. The van der Waals surface area contributed by atoms with E-state index in [0.717, 1.165) is 18.8 Å². The minimum atomic E-state index is 0.168. The summed E-state index contributed by atoms with van der Waals surface area (Å²) in [6, 6.07) is 3.73. The smallest absolute Gasteiger partial charge is 0.236 e. The van der Waals surface area contributed by atoms with Crippen molar-refractivity contribution in [1.29, 1.82) is 0 Å². The SMILES string of the molecule is CN1CCN(Cc2ccc(N)cn2)CC1=O. The third-order valence-corrected chi connectivity index (χ3v) is 2.77. The maximum absolute atomic E-state index is 11.5. The Morgan fingerprint density at radius 2 is 2.25 bits per heavy atom. The largest absolute Gasteiger partial charge is 0.397 e. The van der Waals surface area contributed by atoms with Crippen LogP contribution in [0.5, 0.6) is 0 Å². The van der Waals surface area contributed by atoms with Crippen LogP contribution < -0.4 is 5.73 Å². The highest BCUT2D eigenvalue weighted by Crippen LogP contribution is 2.07. The molecule has 0 aliphatic carbocycles. The van der Waals surface area contributed by atoms with E-state index in [4.69, 9.17) is 5.73 Å². The van der Waals surface area contributed by atoms with Gasteiger partial charge in [-0.05, 0) is 12.1 Å². The Morgan fingerprint density at radius 3 is 2.88 bits per heavy atom. The molecule has 16 heavy (non-hydrogen) atoms. The molecule has 1 aromatic heterocycles. The number of aromatic nitrogens is 1. The van der Waals surface area contributed by atoms with Gasteiger partial charge in [0, 0.05) is 26.7 Å². The Bertz CT molecular complexity index is 376. The summed E-state index contributed by atoms with van der Waals surface area (Å²) in [5.74, 6) is 0.168. The molecule has 0 radical (unpaired) electrons. The van der Waals surface area contributed by atoms with E-state index >= 15 is 0 Å². The van der Waals surface area contributed by atoms with E-state index in [1.807, 2.05) is 19.2 Å². The number of amides is 1. The van der Waals surface area contributed by atoms with E-state index in [2.05, 4.69) is 9.88 Å². The highest BCUT2D eigenvalue weighted by molar-refractivity contribution is 5.78. The number of nitrogen functional groups attached to an aromatic ring is 1. The fourth-order valence-electron chi connectivity index (χ4n) is 1.70. The normalized spacial score (nSPS) is 17.8. The molecule has 2 heterocycles. The van der Waals surface area contributed by atoms with Gasteiger partial charge in [0.25, 0.3) is 0 Å². The Morgan fingerprint density at radius 1 is 1.44 bits per heavy atom. The van der Waals surface area contributed by atoms with Gasteiger partial charge in [-0.1, -0.05) is 0 Å². The third kappa shape index (κ3) is 2.49. The van der Waals surface area contributed by atoms with Gasteiger partial charge in [0.2, 0.25) is 5.91 Å².